The van der Waals surface area contributed by atoms with Crippen molar-refractivity contribution in [1.29, 1.82) is 0 Å². The first kappa shape index (κ1) is 10.9. The molecule has 0 atom stereocenters. The largest absolute Gasteiger partial charge is 0.0654 e. The minimum absolute atomic E-state index is 1.17. The Hall–Kier alpha value is -1.56. The van der Waals surface area contributed by atoms with Gasteiger partial charge in [0, 0.05) is 0 Å². The van der Waals surface area contributed by atoms with Crippen LogP contribution < -0.4 is 0 Å². The van der Waals surface area contributed by atoms with E-state index < -0.39 is 0 Å². The number of rotatable bonds is 4. The second kappa shape index (κ2) is 5.50. The zero-order valence-electron chi connectivity index (χ0n) is 9.82. The van der Waals surface area contributed by atoms with Crippen LogP contribution in [0, 0.1) is 0 Å². The van der Waals surface area contributed by atoms with Crippen molar-refractivity contribution in [3.63, 3.8) is 0 Å². The Morgan fingerprint density at radius 1 is 1.00 bits per heavy atom. The highest BCUT2D eigenvalue weighted by atomic mass is 14.1. The molecule has 2 rings (SSSR count). The average Bonchev–Trinajstić information content (AvgIpc) is 2.96. The van der Waals surface area contributed by atoms with Gasteiger partial charge in [-0.25, -0.2) is 0 Å². The van der Waals surface area contributed by atoms with Crippen LogP contribution >= 0.6 is 0 Å². The summed E-state index contributed by atoms with van der Waals surface area (Å²) in [6, 6.07) is 0. The van der Waals surface area contributed by atoms with Gasteiger partial charge in [0.2, 0.25) is 0 Å². The van der Waals surface area contributed by atoms with Gasteiger partial charge in [-0.1, -0.05) is 68.0 Å². The molecule has 0 radical (unpaired) electrons. The molecule has 0 aromatic heterocycles. The number of unbranched alkanes of at least 4 members (excludes halogenated alkanes) is 1. The van der Waals surface area contributed by atoms with E-state index in [0.717, 1.165) is 0 Å². The Morgan fingerprint density at radius 3 is 2.25 bits per heavy atom. The maximum absolute atomic E-state index is 2.31. The predicted molar refractivity (Wildman–Crippen MR) is 71.2 cm³/mol. The highest BCUT2D eigenvalue weighted by Gasteiger charge is 2.03. The first-order chi connectivity index (χ1) is 7.90. The van der Waals surface area contributed by atoms with Crippen molar-refractivity contribution in [3.05, 3.63) is 71.4 Å². The van der Waals surface area contributed by atoms with E-state index in [4.69, 9.17) is 0 Å². The van der Waals surface area contributed by atoms with Gasteiger partial charge < -0.3 is 0 Å². The van der Waals surface area contributed by atoms with Crippen molar-refractivity contribution in [2.45, 2.75) is 26.2 Å². The lowest BCUT2D eigenvalue weighted by atomic mass is 10.0. The van der Waals surface area contributed by atoms with Crippen molar-refractivity contribution in [2.24, 2.45) is 0 Å². The van der Waals surface area contributed by atoms with Crippen LogP contribution in [0.25, 0.3) is 0 Å². The molecular weight excluding hydrogens is 192 g/mol. The van der Waals surface area contributed by atoms with Crippen LogP contribution in [0.4, 0.5) is 0 Å². The molecule has 0 saturated carbocycles. The Morgan fingerprint density at radius 2 is 1.62 bits per heavy atom. The van der Waals surface area contributed by atoms with E-state index >= 15 is 0 Å². The molecule has 0 aromatic carbocycles. The molecule has 0 amide bonds. The van der Waals surface area contributed by atoms with Crippen molar-refractivity contribution >= 4 is 0 Å². The smallest absolute Gasteiger partial charge is 0.0224 e. The third-order valence-corrected chi connectivity index (χ3v) is 2.86. The van der Waals surface area contributed by atoms with E-state index in [0.29, 0.717) is 0 Å². The van der Waals surface area contributed by atoms with Gasteiger partial charge in [0.1, 0.15) is 0 Å². The molecule has 0 aromatic rings. The summed E-state index contributed by atoms with van der Waals surface area (Å²) in [6.45, 7) is 2.24. The molecule has 0 N–H and O–H groups in total. The molecule has 0 aliphatic heterocycles. The summed E-state index contributed by atoms with van der Waals surface area (Å²) in [5.41, 5.74) is 4.14. The molecule has 0 bridgehead atoms. The number of hydrogen-bond donors (Lipinski definition) is 0. The van der Waals surface area contributed by atoms with E-state index in [1.54, 1.807) is 0 Å². The van der Waals surface area contributed by atoms with E-state index in [2.05, 4.69) is 61.6 Å². The van der Waals surface area contributed by atoms with Crippen LogP contribution in [-0.2, 0) is 0 Å². The highest BCUT2D eigenvalue weighted by Crippen LogP contribution is 2.22. The summed E-state index contributed by atoms with van der Waals surface area (Å²) in [6.07, 6.45) is 23.1. The van der Waals surface area contributed by atoms with E-state index in [-0.39, 0.29) is 0 Å². The molecule has 0 saturated heterocycles. The number of allylic oxidation sites excluding steroid dienone is 12. The summed E-state index contributed by atoms with van der Waals surface area (Å²) < 4.78 is 0. The molecule has 0 heteroatoms. The van der Waals surface area contributed by atoms with Gasteiger partial charge in [-0.2, -0.15) is 0 Å². The summed E-state index contributed by atoms with van der Waals surface area (Å²) >= 11 is 0. The molecule has 16 heavy (non-hydrogen) atoms. The van der Waals surface area contributed by atoms with Gasteiger partial charge in [-0.15, -0.1) is 0 Å². The Bertz CT molecular complexity index is 395. The monoisotopic (exact) mass is 210 g/mol. The molecule has 82 valence electrons. The third kappa shape index (κ3) is 2.73. The summed E-state index contributed by atoms with van der Waals surface area (Å²) in [5, 5.41) is 0. The fraction of sp³-hybridized carbons (Fsp3) is 0.250. The first-order valence-corrected chi connectivity index (χ1v) is 6.04. The zero-order valence-corrected chi connectivity index (χ0v) is 9.82. The van der Waals surface area contributed by atoms with Crippen LogP contribution in [-0.4, -0.2) is 0 Å². The van der Waals surface area contributed by atoms with Gasteiger partial charge in [0.15, 0.2) is 0 Å². The molecule has 0 spiro atoms. The molecule has 2 aliphatic rings. The fourth-order valence-corrected chi connectivity index (χ4v) is 1.94. The van der Waals surface area contributed by atoms with Crippen molar-refractivity contribution < 1.29 is 0 Å². The Labute approximate surface area is 98.1 Å². The zero-order chi connectivity index (χ0) is 11.2. The van der Waals surface area contributed by atoms with Crippen molar-refractivity contribution in [2.75, 3.05) is 0 Å². The maximum Gasteiger partial charge on any atom is -0.0224 e. The lowest BCUT2D eigenvalue weighted by molar-refractivity contribution is 0.795. The normalized spacial score (nSPS) is 16.6. The highest BCUT2D eigenvalue weighted by molar-refractivity contribution is 5.51. The quantitative estimate of drug-likeness (QED) is 0.633. The Kier molecular flexibility index (Phi) is 3.76. The maximum atomic E-state index is 2.31. The second-order valence-electron chi connectivity index (χ2n) is 4.16. The van der Waals surface area contributed by atoms with Crippen molar-refractivity contribution in [3.8, 4) is 0 Å². The summed E-state index contributed by atoms with van der Waals surface area (Å²) in [7, 11) is 0. The van der Waals surface area contributed by atoms with Gasteiger partial charge in [0.05, 0.1) is 0 Å². The average molecular weight is 210 g/mol. The molecule has 0 unspecified atom stereocenters. The SMILES string of the molecule is CCCCC(C=C1C=CC=C1)=C1C=CC=C1. The summed E-state index contributed by atoms with van der Waals surface area (Å²) in [4.78, 5) is 0. The fourth-order valence-electron chi connectivity index (χ4n) is 1.94. The second-order valence-corrected chi connectivity index (χ2v) is 4.16. The van der Waals surface area contributed by atoms with Crippen LogP contribution in [0.3, 0.4) is 0 Å². The van der Waals surface area contributed by atoms with Crippen LogP contribution in [0.2, 0.25) is 0 Å². The molecule has 0 heterocycles. The van der Waals surface area contributed by atoms with Gasteiger partial charge in [0.25, 0.3) is 0 Å². The Balaban J connectivity index is 2.21. The molecular formula is C16H18. The minimum Gasteiger partial charge on any atom is -0.0654 e. The predicted octanol–water partition coefficient (Wildman–Crippen LogP) is 4.65. The number of hydrogen-bond acceptors (Lipinski definition) is 0. The standard InChI is InChI=1S/C16H18/c1-2-3-10-16(15-11-6-7-12-15)13-14-8-4-5-9-14/h4-9,11-13H,2-3,10H2,1H3. The molecule has 0 nitrogen and oxygen atoms in total. The lowest BCUT2D eigenvalue weighted by Gasteiger charge is -2.05. The van der Waals surface area contributed by atoms with E-state index in [9.17, 15) is 0 Å². The summed E-state index contributed by atoms with van der Waals surface area (Å²) in [5.74, 6) is 0. The van der Waals surface area contributed by atoms with E-state index in [1.807, 2.05) is 0 Å². The molecule has 2 aliphatic carbocycles. The van der Waals surface area contributed by atoms with Crippen LogP contribution in [0.15, 0.2) is 71.4 Å². The molecule has 0 fully saturated rings. The van der Waals surface area contributed by atoms with Gasteiger partial charge in [-0.3, -0.25) is 0 Å². The van der Waals surface area contributed by atoms with Crippen molar-refractivity contribution in [1.82, 2.24) is 0 Å². The van der Waals surface area contributed by atoms with Crippen LogP contribution in [0.5, 0.6) is 0 Å². The van der Waals surface area contributed by atoms with E-state index in [1.165, 1.54) is 36.0 Å². The van der Waals surface area contributed by atoms with Gasteiger partial charge in [-0.05, 0) is 29.6 Å². The third-order valence-electron chi connectivity index (χ3n) is 2.86. The van der Waals surface area contributed by atoms with Crippen LogP contribution in [0.1, 0.15) is 26.2 Å². The topological polar surface area (TPSA) is 0 Å². The minimum atomic E-state index is 1.17. The van der Waals surface area contributed by atoms with Gasteiger partial charge >= 0.3 is 0 Å². The lowest BCUT2D eigenvalue weighted by Crippen LogP contribution is -1.86. The first-order valence-electron chi connectivity index (χ1n) is 6.04.